The summed E-state index contributed by atoms with van der Waals surface area (Å²) in [5, 5.41) is 0. The highest BCUT2D eigenvalue weighted by Crippen LogP contribution is 2.17. The van der Waals surface area contributed by atoms with Crippen LogP contribution in [-0.4, -0.2) is 50.3 Å². The van der Waals surface area contributed by atoms with Crippen LogP contribution in [0.4, 0.5) is 0 Å². The molecule has 0 aromatic heterocycles. The highest BCUT2D eigenvalue weighted by molar-refractivity contribution is 5.77. The Morgan fingerprint density at radius 2 is 2.05 bits per heavy atom. The van der Waals surface area contributed by atoms with Gasteiger partial charge < -0.3 is 19.1 Å². The Hall–Kier alpha value is -1.75. The number of benzene rings is 1. The molecule has 0 saturated carbocycles. The second-order valence-electron chi connectivity index (χ2n) is 4.49. The second-order valence-corrected chi connectivity index (χ2v) is 4.49. The molecule has 19 heavy (non-hydrogen) atoms. The molecule has 1 aromatic rings. The van der Waals surface area contributed by atoms with Crippen molar-refractivity contribution >= 4 is 5.91 Å². The van der Waals surface area contributed by atoms with Crippen LogP contribution in [0.5, 0.6) is 11.5 Å². The van der Waals surface area contributed by atoms with Crippen molar-refractivity contribution in [2.75, 3.05) is 33.4 Å². The summed E-state index contributed by atoms with van der Waals surface area (Å²) >= 11 is 0. The van der Waals surface area contributed by atoms with Crippen LogP contribution in [0.3, 0.4) is 0 Å². The SMILES string of the molecule is COc1ccc(OCC(=O)N2CCOC(C)C2)cc1. The summed E-state index contributed by atoms with van der Waals surface area (Å²) in [7, 11) is 1.61. The van der Waals surface area contributed by atoms with Gasteiger partial charge in [0, 0.05) is 13.1 Å². The van der Waals surface area contributed by atoms with Gasteiger partial charge >= 0.3 is 0 Å². The van der Waals surface area contributed by atoms with Crippen molar-refractivity contribution in [3.8, 4) is 11.5 Å². The number of carbonyl (C=O) groups is 1. The number of ether oxygens (including phenoxy) is 3. The third kappa shape index (κ3) is 3.86. The van der Waals surface area contributed by atoms with Gasteiger partial charge in [0.15, 0.2) is 6.61 Å². The van der Waals surface area contributed by atoms with E-state index < -0.39 is 0 Å². The summed E-state index contributed by atoms with van der Waals surface area (Å²) in [6, 6.07) is 7.18. The molecule has 1 fully saturated rings. The molecule has 1 unspecified atom stereocenters. The van der Waals surface area contributed by atoms with Gasteiger partial charge in [-0.3, -0.25) is 4.79 Å². The second kappa shape index (κ2) is 6.43. The van der Waals surface area contributed by atoms with Gasteiger partial charge in [0.1, 0.15) is 11.5 Å². The van der Waals surface area contributed by atoms with E-state index in [2.05, 4.69) is 0 Å². The van der Waals surface area contributed by atoms with E-state index in [-0.39, 0.29) is 18.6 Å². The van der Waals surface area contributed by atoms with E-state index in [1.54, 1.807) is 36.3 Å². The molecule has 1 aromatic carbocycles. The van der Waals surface area contributed by atoms with E-state index >= 15 is 0 Å². The third-order valence-corrected chi connectivity index (χ3v) is 3.02. The largest absolute Gasteiger partial charge is 0.497 e. The van der Waals surface area contributed by atoms with E-state index in [1.807, 2.05) is 6.92 Å². The maximum atomic E-state index is 12.0. The molecule has 0 radical (unpaired) electrons. The zero-order chi connectivity index (χ0) is 13.7. The van der Waals surface area contributed by atoms with Crippen LogP contribution in [0.1, 0.15) is 6.92 Å². The number of rotatable bonds is 4. The van der Waals surface area contributed by atoms with E-state index in [0.717, 1.165) is 5.75 Å². The quantitative estimate of drug-likeness (QED) is 0.824. The molecule has 2 rings (SSSR count). The monoisotopic (exact) mass is 265 g/mol. The van der Waals surface area contributed by atoms with Crippen molar-refractivity contribution in [2.24, 2.45) is 0 Å². The topological polar surface area (TPSA) is 48.0 Å². The smallest absolute Gasteiger partial charge is 0.260 e. The molecule has 1 aliphatic rings. The fourth-order valence-corrected chi connectivity index (χ4v) is 1.95. The molecule has 104 valence electrons. The van der Waals surface area contributed by atoms with Crippen LogP contribution in [0.2, 0.25) is 0 Å². The number of morpholine rings is 1. The number of methoxy groups -OCH3 is 1. The molecular weight excluding hydrogens is 246 g/mol. The van der Waals surface area contributed by atoms with Gasteiger partial charge in [-0.2, -0.15) is 0 Å². The minimum Gasteiger partial charge on any atom is -0.497 e. The molecule has 0 N–H and O–H groups in total. The third-order valence-electron chi connectivity index (χ3n) is 3.02. The number of nitrogens with zero attached hydrogens (tertiary/aromatic N) is 1. The summed E-state index contributed by atoms with van der Waals surface area (Å²) in [4.78, 5) is 13.7. The van der Waals surface area contributed by atoms with Crippen LogP contribution < -0.4 is 9.47 Å². The first-order chi connectivity index (χ1) is 9.19. The molecule has 1 amide bonds. The first-order valence-corrected chi connectivity index (χ1v) is 6.35. The van der Waals surface area contributed by atoms with Crippen LogP contribution in [0.15, 0.2) is 24.3 Å². The fraction of sp³-hybridized carbons (Fsp3) is 0.500. The van der Waals surface area contributed by atoms with Crippen molar-refractivity contribution < 1.29 is 19.0 Å². The Kier molecular flexibility index (Phi) is 4.63. The van der Waals surface area contributed by atoms with E-state index in [1.165, 1.54) is 0 Å². The van der Waals surface area contributed by atoms with Crippen LogP contribution >= 0.6 is 0 Å². The average molecular weight is 265 g/mol. The first-order valence-electron chi connectivity index (χ1n) is 6.35. The minimum atomic E-state index is -0.00836. The summed E-state index contributed by atoms with van der Waals surface area (Å²) < 4.78 is 15.9. The predicted molar refractivity (Wildman–Crippen MR) is 70.5 cm³/mol. The van der Waals surface area contributed by atoms with Crippen LogP contribution in [-0.2, 0) is 9.53 Å². The summed E-state index contributed by atoms with van der Waals surface area (Å²) in [6.07, 6.45) is 0.0960. The van der Waals surface area contributed by atoms with Crippen molar-refractivity contribution in [2.45, 2.75) is 13.0 Å². The molecule has 5 heteroatoms. The predicted octanol–water partition coefficient (Wildman–Crippen LogP) is 1.32. The van der Waals surface area contributed by atoms with E-state index in [4.69, 9.17) is 14.2 Å². The lowest BCUT2D eigenvalue weighted by Crippen LogP contribution is -2.46. The van der Waals surface area contributed by atoms with Gasteiger partial charge in [0.25, 0.3) is 5.91 Å². The molecule has 0 bridgehead atoms. The van der Waals surface area contributed by atoms with Gasteiger partial charge in [-0.25, -0.2) is 0 Å². The lowest BCUT2D eigenvalue weighted by Gasteiger charge is -2.31. The Morgan fingerprint density at radius 3 is 2.68 bits per heavy atom. The number of hydrogen-bond donors (Lipinski definition) is 0. The molecule has 0 spiro atoms. The number of hydrogen-bond acceptors (Lipinski definition) is 4. The molecule has 1 heterocycles. The van der Waals surface area contributed by atoms with E-state index in [9.17, 15) is 4.79 Å². The van der Waals surface area contributed by atoms with Crippen molar-refractivity contribution in [3.63, 3.8) is 0 Å². The minimum absolute atomic E-state index is 0.00836. The van der Waals surface area contributed by atoms with Gasteiger partial charge in [-0.1, -0.05) is 0 Å². The fourth-order valence-electron chi connectivity index (χ4n) is 1.95. The van der Waals surface area contributed by atoms with E-state index in [0.29, 0.717) is 25.4 Å². The normalized spacial score (nSPS) is 19.1. The molecule has 1 saturated heterocycles. The highest BCUT2D eigenvalue weighted by atomic mass is 16.5. The molecule has 1 aliphatic heterocycles. The van der Waals surface area contributed by atoms with Gasteiger partial charge in [-0.15, -0.1) is 0 Å². The van der Waals surface area contributed by atoms with Crippen molar-refractivity contribution in [1.29, 1.82) is 0 Å². The van der Waals surface area contributed by atoms with Gasteiger partial charge in [0.05, 0.1) is 19.8 Å². The van der Waals surface area contributed by atoms with Crippen LogP contribution in [0.25, 0.3) is 0 Å². The molecule has 1 atom stereocenters. The number of carbonyl (C=O) groups excluding carboxylic acids is 1. The van der Waals surface area contributed by atoms with Gasteiger partial charge in [0.2, 0.25) is 0 Å². The molecule has 5 nitrogen and oxygen atoms in total. The first kappa shape index (κ1) is 13.7. The Morgan fingerprint density at radius 1 is 1.37 bits per heavy atom. The zero-order valence-corrected chi connectivity index (χ0v) is 11.3. The highest BCUT2D eigenvalue weighted by Gasteiger charge is 2.21. The maximum Gasteiger partial charge on any atom is 0.260 e. The Bertz CT molecular complexity index is 418. The summed E-state index contributed by atoms with van der Waals surface area (Å²) in [5.74, 6) is 1.42. The summed E-state index contributed by atoms with van der Waals surface area (Å²) in [6.45, 7) is 3.87. The average Bonchev–Trinajstić information content (AvgIpc) is 2.45. The zero-order valence-electron chi connectivity index (χ0n) is 11.3. The Balaban J connectivity index is 1.82. The number of amides is 1. The lowest BCUT2D eigenvalue weighted by atomic mass is 10.3. The van der Waals surface area contributed by atoms with Gasteiger partial charge in [-0.05, 0) is 31.2 Å². The Labute approximate surface area is 113 Å². The standard InChI is InChI=1S/C14H19NO4/c1-11-9-15(7-8-18-11)14(16)10-19-13-5-3-12(17-2)4-6-13/h3-6,11H,7-10H2,1-2H3. The summed E-state index contributed by atoms with van der Waals surface area (Å²) in [5.41, 5.74) is 0. The molecular formula is C14H19NO4. The van der Waals surface area contributed by atoms with Crippen molar-refractivity contribution in [1.82, 2.24) is 4.90 Å². The van der Waals surface area contributed by atoms with Crippen molar-refractivity contribution in [3.05, 3.63) is 24.3 Å². The maximum absolute atomic E-state index is 12.0. The van der Waals surface area contributed by atoms with Crippen LogP contribution in [0, 0.1) is 0 Å². The lowest BCUT2D eigenvalue weighted by molar-refractivity contribution is -0.140. The molecule has 0 aliphatic carbocycles.